The minimum Gasteiger partial charge on any atom is -0.325 e. The Morgan fingerprint density at radius 2 is 1.69 bits per heavy atom. The van der Waals surface area contributed by atoms with Gasteiger partial charge in [0.15, 0.2) is 0 Å². The van der Waals surface area contributed by atoms with Gasteiger partial charge < -0.3 is 10.6 Å². The van der Waals surface area contributed by atoms with Gasteiger partial charge in [0, 0.05) is 24.7 Å². The molecule has 0 aliphatic carbocycles. The normalized spacial score (nSPS) is 15.7. The fourth-order valence-corrected chi connectivity index (χ4v) is 4.27. The zero-order chi connectivity index (χ0) is 21.0. The molecule has 2 N–H and O–H groups in total. The Hall–Kier alpha value is -2.71. The standard InChI is InChI=1S/C21H25N3O4S/c1-15-6-5-7-17(14-15)22-21(26)18-8-3-4-9-19(18)23-20(25)16-10-12-24(13-11-16)29(2,27)28/h3-9,14,16H,10-13H2,1-2H3,(H,22,26)(H,23,25). The fraction of sp³-hybridized carbons (Fsp3) is 0.333. The highest BCUT2D eigenvalue weighted by Crippen LogP contribution is 2.23. The number of hydrogen-bond acceptors (Lipinski definition) is 4. The number of piperidine rings is 1. The molecule has 8 heteroatoms. The number of hydrogen-bond donors (Lipinski definition) is 2. The molecule has 0 saturated carbocycles. The molecule has 1 aliphatic heterocycles. The first-order valence-electron chi connectivity index (χ1n) is 9.47. The van der Waals surface area contributed by atoms with Crippen LogP contribution in [0.5, 0.6) is 0 Å². The summed E-state index contributed by atoms with van der Waals surface area (Å²) >= 11 is 0. The highest BCUT2D eigenvalue weighted by molar-refractivity contribution is 7.88. The van der Waals surface area contributed by atoms with Crippen molar-refractivity contribution in [2.24, 2.45) is 5.92 Å². The van der Waals surface area contributed by atoms with Gasteiger partial charge in [-0.05, 0) is 49.6 Å². The summed E-state index contributed by atoms with van der Waals surface area (Å²) < 4.78 is 24.6. The first kappa shape index (κ1) is 21.0. The van der Waals surface area contributed by atoms with Crippen LogP contribution in [-0.2, 0) is 14.8 Å². The lowest BCUT2D eigenvalue weighted by Gasteiger charge is -2.29. The highest BCUT2D eigenvalue weighted by Gasteiger charge is 2.29. The lowest BCUT2D eigenvalue weighted by atomic mass is 9.97. The molecule has 154 valence electrons. The van der Waals surface area contributed by atoms with Crippen LogP contribution in [-0.4, -0.2) is 43.9 Å². The van der Waals surface area contributed by atoms with E-state index in [0.29, 0.717) is 42.9 Å². The molecule has 0 radical (unpaired) electrons. The number of benzene rings is 2. The summed E-state index contributed by atoms with van der Waals surface area (Å²) in [7, 11) is -3.24. The summed E-state index contributed by atoms with van der Waals surface area (Å²) in [6, 6.07) is 14.3. The Morgan fingerprint density at radius 3 is 2.34 bits per heavy atom. The second-order valence-corrected chi connectivity index (χ2v) is 9.28. The molecule has 0 spiro atoms. The molecule has 2 aromatic rings. The Bertz CT molecular complexity index is 1010. The van der Waals surface area contributed by atoms with E-state index in [1.165, 1.54) is 10.6 Å². The van der Waals surface area contributed by atoms with Crippen molar-refractivity contribution in [3.8, 4) is 0 Å². The van der Waals surface area contributed by atoms with Crippen molar-refractivity contribution in [3.05, 3.63) is 59.7 Å². The quantitative estimate of drug-likeness (QED) is 0.785. The predicted molar refractivity (Wildman–Crippen MR) is 113 cm³/mol. The van der Waals surface area contributed by atoms with Crippen LogP contribution in [0.3, 0.4) is 0 Å². The van der Waals surface area contributed by atoms with Gasteiger partial charge in [-0.25, -0.2) is 12.7 Å². The third kappa shape index (κ3) is 5.42. The summed E-state index contributed by atoms with van der Waals surface area (Å²) in [6.45, 7) is 2.59. The summed E-state index contributed by atoms with van der Waals surface area (Å²) in [4.78, 5) is 25.4. The van der Waals surface area contributed by atoms with Gasteiger partial charge in [0.2, 0.25) is 15.9 Å². The average Bonchev–Trinajstić information content (AvgIpc) is 2.68. The molecule has 7 nitrogen and oxygen atoms in total. The zero-order valence-corrected chi connectivity index (χ0v) is 17.3. The number of nitrogens with zero attached hydrogens (tertiary/aromatic N) is 1. The van der Waals surface area contributed by atoms with Crippen LogP contribution >= 0.6 is 0 Å². The number of amides is 2. The average molecular weight is 416 g/mol. The molecule has 0 atom stereocenters. The van der Waals surface area contributed by atoms with Gasteiger partial charge in [0.25, 0.3) is 5.91 Å². The van der Waals surface area contributed by atoms with Crippen molar-refractivity contribution < 1.29 is 18.0 Å². The van der Waals surface area contributed by atoms with Crippen molar-refractivity contribution in [2.75, 3.05) is 30.0 Å². The molecule has 0 aromatic heterocycles. The SMILES string of the molecule is Cc1cccc(NC(=O)c2ccccc2NC(=O)C2CCN(S(C)(=O)=O)CC2)c1. The molecular weight excluding hydrogens is 390 g/mol. The Labute approximate surface area is 171 Å². The van der Waals surface area contributed by atoms with Crippen LogP contribution in [0.1, 0.15) is 28.8 Å². The monoisotopic (exact) mass is 415 g/mol. The van der Waals surface area contributed by atoms with Crippen LogP contribution in [0.15, 0.2) is 48.5 Å². The lowest BCUT2D eigenvalue weighted by Crippen LogP contribution is -2.41. The lowest BCUT2D eigenvalue weighted by molar-refractivity contribution is -0.120. The molecule has 3 rings (SSSR count). The maximum atomic E-state index is 12.7. The molecular formula is C21H25N3O4S. The van der Waals surface area contributed by atoms with Crippen molar-refractivity contribution in [3.63, 3.8) is 0 Å². The topological polar surface area (TPSA) is 95.6 Å². The molecule has 1 heterocycles. The molecule has 29 heavy (non-hydrogen) atoms. The number of anilines is 2. The van der Waals surface area contributed by atoms with Gasteiger partial charge >= 0.3 is 0 Å². The first-order valence-corrected chi connectivity index (χ1v) is 11.3. The summed E-state index contributed by atoms with van der Waals surface area (Å²) in [6.07, 6.45) is 2.09. The van der Waals surface area contributed by atoms with Gasteiger partial charge in [-0.1, -0.05) is 24.3 Å². The zero-order valence-electron chi connectivity index (χ0n) is 16.5. The molecule has 2 amide bonds. The van der Waals surface area contributed by atoms with E-state index in [0.717, 1.165) is 5.56 Å². The Morgan fingerprint density at radius 1 is 1.00 bits per heavy atom. The van der Waals surface area contributed by atoms with E-state index in [-0.39, 0.29) is 17.7 Å². The first-order chi connectivity index (χ1) is 13.7. The maximum absolute atomic E-state index is 12.7. The summed E-state index contributed by atoms with van der Waals surface area (Å²) in [5, 5.41) is 5.70. The minimum atomic E-state index is -3.24. The van der Waals surface area contributed by atoms with E-state index in [9.17, 15) is 18.0 Å². The van der Waals surface area contributed by atoms with E-state index in [4.69, 9.17) is 0 Å². The molecule has 1 fully saturated rings. The second-order valence-electron chi connectivity index (χ2n) is 7.29. The van der Waals surface area contributed by atoms with Gasteiger partial charge in [-0.15, -0.1) is 0 Å². The Balaban J connectivity index is 1.67. The number of aryl methyl sites for hydroxylation is 1. The molecule has 1 aliphatic rings. The highest BCUT2D eigenvalue weighted by atomic mass is 32.2. The van der Waals surface area contributed by atoms with E-state index in [1.807, 2.05) is 31.2 Å². The van der Waals surface area contributed by atoms with E-state index >= 15 is 0 Å². The fourth-order valence-electron chi connectivity index (χ4n) is 3.40. The third-order valence-electron chi connectivity index (χ3n) is 5.00. The summed E-state index contributed by atoms with van der Waals surface area (Å²) in [5.41, 5.74) is 2.53. The van der Waals surface area contributed by atoms with E-state index in [2.05, 4.69) is 10.6 Å². The van der Waals surface area contributed by atoms with Crippen LogP contribution in [0.4, 0.5) is 11.4 Å². The third-order valence-corrected chi connectivity index (χ3v) is 6.30. The van der Waals surface area contributed by atoms with Crippen LogP contribution in [0.25, 0.3) is 0 Å². The predicted octanol–water partition coefficient (Wildman–Crippen LogP) is 2.86. The van der Waals surface area contributed by atoms with Crippen molar-refractivity contribution >= 4 is 33.2 Å². The van der Waals surface area contributed by atoms with Gasteiger partial charge in [0.1, 0.15) is 0 Å². The smallest absolute Gasteiger partial charge is 0.257 e. The van der Waals surface area contributed by atoms with Gasteiger partial charge in [-0.3, -0.25) is 9.59 Å². The van der Waals surface area contributed by atoms with Crippen LogP contribution in [0, 0.1) is 12.8 Å². The number of rotatable bonds is 5. The largest absolute Gasteiger partial charge is 0.325 e. The Kier molecular flexibility index (Phi) is 6.34. The van der Waals surface area contributed by atoms with Crippen molar-refractivity contribution in [2.45, 2.75) is 19.8 Å². The van der Waals surface area contributed by atoms with E-state index < -0.39 is 10.0 Å². The second kappa shape index (κ2) is 8.75. The number of sulfonamides is 1. The van der Waals surface area contributed by atoms with Crippen molar-refractivity contribution in [1.82, 2.24) is 4.31 Å². The van der Waals surface area contributed by atoms with Gasteiger partial charge in [-0.2, -0.15) is 0 Å². The number of carbonyl (C=O) groups excluding carboxylic acids is 2. The van der Waals surface area contributed by atoms with E-state index in [1.54, 1.807) is 24.3 Å². The molecule has 1 saturated heterocycles. The van der Waals surface area contributed by atoms with Crippen LogP contribution < -0.4 is 10.6 Å². The number of carbonyl (C=O) groups is 2. The maximum Gasteiger partial charge on any atom is 0.257 e. The minimum absolute atomic E-state index is 0.200. The molecule has 2 aromatic carbocycles. The molecule has 0 bridgehead atoms. The van der Waals surface area contributed by atoms with Crippen molar-refractivity contribution in [1.29, 1.82) is 0 Å². The summed E-state index contributed by atoms with van der Waals surface area (Å²) in [5.74, 6) is -0.798. The molecule has 0 unspecified atom stereocenters. The van der Waals surface area contributed by atoms with Gasteiger partial charge in [0.05, 0.1) is 17.5 Å². The number of nitrogens with one attached hydrogen (secondary N) is 2. The number of para-hydroxylation sites is 1. The van der Waals surface area contributed by atoms with Crippen LogP contribution in [0.2, 0.25) is 0 Å².